The summed E-state index contributed by atoms with van der Waals surface area (Å²) in [5.74, 6) is 0. The van der Waals surface area contributed by atoms with Gasteiger partial charge in [-0.2, -0.15) is 0 Å². The molecule has 0 amide bonds. The summed E-state index contributed by atoms with van der Waals surface area (Å²) >= 11 is 6.16. The second-order valence-electron chi connectivity index (χ2n) is 9.00. The van der Waals surface area contributed by atoms with Crippen LogP contribution < -0.4 is 0 Å². The lowest BCUT2D eigenvalue weighted by molar-refractivity contribution is -1.08. The summed E-state index contributed by atoms with van der Waals surface area (Å²) in [4.78, 5) is 0. The zero-order chi connectivity index (χ0) is 17.4. The molecule has 1 atom stereocenters. The van der Waals surface area contributed by atoms with E-state index in [-0.39, 0.29) is 5.41 Å². The highest BCUT2D eigenvalue weighted by Gasteiger charge is 2.48. The molecule has 1 unspecified atom stereocenters. The fourth-order valence-electron chi connectivity index (χ4n) is 4.20. The summed E-state index contributed by atoms with van der Waals surface area (Å²) in [7, 11) is 0. The van der Waals surface area contributed by atoms with Crippen molar-refractivity contribution in [3.05, 3.63) is 35.4 Å². The second kappa shape index (κ2) is 6.59. The van der Waals surface area contributed by atoms with Crippen LogP contribution in [0.25, 0.3) is 0 Å². The summed E-state index contributed by atoms with van der Waals surface area (Å²) in [6, 6.07) is 8.87. The minimum Gasteiger partial charge on any atom is -0.310 e. The fraction of sp³-hybridized carbons (Fsp3) is 0.700. The lowest BCUT2D eigenvalue weighted by Gasteiger charge is -2.55. The molecule has 2 bridgehead atoms. The fourth-order valence-corrected chi connectivity index (χ4v) is 4.56. The van der Waals surface area contributed by atoms with Crippen LogP contribution in [0.4, 0.5) is 4.39 Å². The van der Waals surface area contributed by atoms with E-state index in [9.17, 15) is 4.39 Å². The van der Waals surface area contributed by atoms with Gasteiger partial charge in [0, 0.05) is 6.42 Å². The smallest absolute Gasteiger partial charge is 0.155 e. The third-order valence-electron chi connectivity index (χ3n) is 6.39. The number of quaternary nitrogens is 2. The number of nitrogens with zero attached hydrogens (tertiary/aromatic N) is 2. The number of benzene rings is 1. The molecule has 0 aromatic heterocycles. The van der Waals surface area contributed by atoms with Crippen LogP contribution in [0.15, 0.2) is 24.3 Å². The van der Waals surface area contributed by atoms with Crippen LogP contribution in [0.3, 0.4) is 0 Å². The zero-order valence-corrected chi connectivity index (χ0v) is 16.2. The highest BCUT2D eigenvalue weighted by molar-refractivity contribution is 6.17. The Morgan fingerprint density at radius 1 is 0.958 bits per heavy atom. The van der Waals surface area contributed by atoms with Gasteiger partial charge < -0.3 is 4.48 Å². The van der Waals surface area contributed by atoms with E-state index < -0.39 is 6.17 Å². The van der Waals surface area contributed by atoms with E-state index in [0.717, 1.165) is 27.1 Å². The van der Waals surface area contributed by atoms with Gasteiger partial charge in [-0.15, -0.1) is 0 Å². The molecule has 4 rings (SSSR count). The average molecular weight is 355 g/mol. The highest BCUT2D eigenvalue weighted by Crippen LogP contribution is 2.31. The number of fused-ring (bicyclic) bond motifs is 3. The Balaban J connectivity index is 1.57. The van der Waals surface area contributed by atoms with Crippen molar-refractivity contribution >= 4 is 11.6 Å². The third-order valence-corrected chi connectivity index (χ3v) is 6.90. The molecule has 2 nitrogen and oxygen atoms in total. The molecule has 3 fully saturated rings. The first-order valence-corrected chi connectivity index (χ1v) is 9.82. The normalized spacial score (nSPS) is 31.2. The number of alkyl halides is 2. The molecule has 0 N–H and O–H groups in total. The van der Waals surface area contributed by atoms with Crippen LogP contribution in [0, 0.1) is 0 Å². The molecule has 0 spiro atoms. The number of halogens is 2. The van der Waals surface area contributed by atoms with Crippen LogP contribution >= 0.6 is 11.6 Å². The van der Waals surface area contributed by atoms with Gasteiger partial charge in [-0.25, -0.2) is 4.39 Å². The number of piperazine rings is 3. The Bertz CT molecular complexity index is 539. The predicted octanol–water partition coefficient (Wildman–Crippen LogP) is 4.24. The van der Waals surface area contributed by atoms with Gasteiger partial charge in [0.2, 0.25) is 0 Å². The molecule has 4 heteroatoms. The Labute approximate surface area is 151 Å². The maximum Gasteiger partial charge on any atom is 0.155 e. The predicted molar refractivity (Wildman–Crippen MR) is 98.9 cm³/mol. The summed E-state index contributed by atoms with van der Waals surface area (Å²) < 4.78 is 16.9. The molecular weight excluding hydrogens is 323 g/mol. The Morgan fingerprint density at radius 2 is 1.46 bits per heavy atom. The molecule has 3 aliphatic rings. The third kappa shape index (κ3) is 3.63. The molecule has 3 saturated heterocycles. The van der Waals surface area contributed by atoms with Gasteiger partial charge in [-0.05, 0) is 16.5 Å². The largest absolute Gasteiger partial charge is 0.310 e. The standard InChI is InChI=1S/C20H32ClFN2/c1-20(2,3)18-6-4-17(5-7-18)19(22)8-9-23-10-13-24(16-21,14-11-23)15-12-23/h4-7,19H,8-16H2,1-3H3/q+2. The van der Waals surface area contributed by atoms with Gasteiger partial charge in [-0.3, -0.25) is 4.48 Å². The van der Waals surface area contributed by atoms with Crippen LogP contribution in [-0.4, -0.2) is 60.8 Å². The minimum absolute atomic E-state index is 0.123. The maximum absolute atomic E-state index is 14.7. The molecule has 0 radical (unpaired) electrons. The first-order chi connectivity index (χ1) is 11.3. The van der Waals surface area contributed by atoms with Gasteiger partial charge in [0.25, 0.3) is 0 Å². The van der Waals surface area contributed by atoms with Crippen LogP contribution in [0.1, 0.15) is 44.5 Å². The monoisotopic (exact) mass is 354 g/mol. The van der Waals surface area contributed by atoms with Crippen LogP contribution in [0.2, 0.25) is 0 Å². The average Bonchev–Trinajstić information content (AvgIpc) is 2.61. The SMILES string of the molecule is CC(C)(C)c1ccc(C(F)CC[N+]23CC[N+](CCl)(CC2)CC3)cc1. The van der Waals surface area contributed by atoms with Gasteiger partial charge in [-0.1, -0.05) is 56.6 Å². The van der Waals surface area contributed by atoms with Gasteiger partial charge >= 0.3 is 0 Å². The van der Waals surface area contributed by atoms with Crippen molar-refractivity contribution in [1.82, 2.24) is 0 Å². The quantitative estimate of drug-likeness (QED) is 0.421. The lowest BCUT2D eigenvalue weighted by Crippen LogP contribution is -2.74. The summed E-state index contributed by atoms with van der Waals surface area (Å²) in [5, 5.41) is 0. The Hall–Kier alpha value is -0.640. The van der Waals surface area contributed by atoms with E-state index in [1.807, 2.05) is 12.1 Å². The summed E-state index contributed by atoms with van der Waals surface area (Å²) in [5.41, 5.74) is 2.22. The highest BCUT2D eigenvalue weighted by atomic mass is 35.5. The number of hydrogen-bond donors (Lipinski definition) is 0. The van der Waals surface area contributed by atoms with Crippen molar-refractivity contribution in [1.29, 1.82) is 0 Å². The van der Waals surface area contributed by atoms with E-state index in [0.29, 0.717) is 6.42 Å². The Kier molecular flexibility index (Phi) is 4.98. The molecule has 3 heterocycles. The first kappa shape index (κ1) is 18.2. The zero-order valence-electron chi connectivity index (χ0n) is 15.4. The molecule has 24 heavy (non-hydrogen) atoms. The lowest BCUT2D eigenvalue weighted by atomic mass is 9.86. The molecule has 0 saturated carbocycles. The maximum atomic E-state index is 14.7. The number of hydrogen-bond acceptors (Lipinski definition) is 0. The summed E-state index contributed by atoms with van der Waals surface area (Å²) in [6.07, 6.45) is -0.210. The minimum atomic E-state index is -0.845. The van der Waals surface area contributed by atoms with Crippen molar-refractivity contribution in [2.45, 2.75) is 38.8 Å². The van der Waals surface area contributed by atoms with Gasteiger partial charge in [0.15, 0.2) is 6.00 Å². The second-order valence-corrected chi connectivity index (χ2v) is 9.24. The van der Waals surface area contributed by atoms with E-state index in [1.54, 1.807) is 0 Å². The van der Waals surface area contributed by atoms with E-state index in [4.69, 9.17) is 11.6 Å². The van der Waals surface area contributed by atoms with Crippen molar-refractivity contribution in [3.63, 3.8) is 0 Å². The van der Waals surface area contributed by atoms with Crippen LogP contribution in [-0.2, 0) is 5.41 Å². The molecule has 3 aliphatic heterocycles. The van der Waals surface area contributed by atoms with Crippen molar-refractivity contribution in [2.75, 3.05) is 51.8 Å². The van der Waals surface area contributed by atoms with Crippen molar-refractivity contribution in [2.24, 2.45) is 0 Å². The summed E-state index contributed by atoms with van der Waals surface area (Å²) in [6.45, 7) is 14.5. The van der Waals surface area contributed by atoms with Crippen LogP contribution in [0.5, 0.6) is 0 Å². The molecule has 1 aromatic carbocycles. The molecule has 0 aliphatic carbocycles. The molecular formula is C20H32ClFN2+2. The Morgan fingerprint density at radius 3 is 1.92 bits per heavy atom. The van der Waals surface area contributed by atoms with E-state index >= 15 is 0 Å². The van der Waals surface area contributed by atoms with E-state index in [2.05, 4.69) is 32.9 Å². The molecule has 1 aromatic rings. The van der Waals surface area contributed by atoms with Gasteiger partial charge in [0.1, 0.15) is 45.4 Å². The van der Waals surface area contributed by atoms with Crippen molar-refractivity contribution < 1.29 is 13.4 Å². The van der Waals surface area contributed by atoms with Gasteiger partial charge in [0.05, 0.1) is 6.54 Å². The number of rotatable bonds is 5. The van der Waals surface area contributed by atoms with E-state index in [1.165, 1.54) is 44.8 Å². The molecule has 134 valence electrons. The first-order valence-electron chi connectivity index (χ1n) is 9.28. The van der Waals surface area contributed by atoms with Crippen molar-refractivity contribution in [3.8, 4) is 0 Å². The topological polar surface area (TPSA) is 0 Å².